The molecule has 2 rings (SSSR count). The van der Waals surface area contributed by atoms with Gasteiger partial charge in [-0.2, -0.15) is 10.4 Å². The fourth-order valence-electron chi connectivity index (χ4n) is 1.25. The lowest BCUT2D eigenvalue weighted by molar-refractivity contribution is 0.601. The van der Waals surface area contributed by atoms with Crippen LogP contribution in [0.15, 0.2) is 41.6 Å². The Morgan fingerprint density at radius 3 is 2.88 bits per heavy atom. The Hall–Kier alpha value is -2.33. The third kappa shape index (κ3) is 2.43. The van der Waals surface area contributed by atoms with Gasteiger partial charge < -0.3 is 0 Å². The molecule has 1 aromatic heterocycles. The predicted octanol–water partition coefficient (Wildman–Crippen LogP) is 1.08. The van der Waals surface area contributed by atoms with Gasteiger partial charge in [-0.3, -0.25) is 9.82 Å². The number of nitrogens with zero attached hydrogens (tertiary/aromatic N) is 2. The average Bonchev–Trinajstić information content (AvgIpc) is 2.81. The normalized spacial score (nSPS) is 10.8. The van der Waals surface area contributed by atoms with Gasteiger partial charge in [0.25, 0.3) is 10.0 Å². The van der Waals surface area contributed by atoms with E-state index in [2.05, 4.69) is 14.9 Å². The molecular formula is C10H8N4O2S. The minimum absolute atomic E-state index is 0.0396. The summed E-state index contributed by atoms with van der Waals surface area (Å²) in [5.74, 6) is 0. The molecule has 17 heavy (non-hydrogen) atoms. The number of nitriles is 1. The van der Waals surface area contributed by atoms with Gasteiger partial charge in [-0.25, -0.2) is 8.42 Å². The molecular weight excluding hydrogens is 240 g/mol. The van der Waals surface area contributed by atoms with Crippen molar-refractivity contribution in [1.29, 1.82) is 5.26 Å². The number of benzene rings is 1. The Morgan fingerprint density at radius 2 is 2.24 bits per heavy atom. The molecule has 0 aliphatic rings. The molecule has 1 aromatic carbocycles. The second kappa shape index (κ2) is 4.27. The van der Waals surface area contributed by atoms with E-state index in [9.17, 15) is 8.42 Å². The molecule has 86 valence electrons. The van der Waals surface area contributed by atoms with Gasteiger partial charge in [0.2, 0.25) is 0 Å². The molecule has 0 aliphatic carbocycles. The highest BCUT2D eigenvalue weighted by Gasteiger charge is 2.14. The predicted molar refractivity (Wildman–Crippen MR) is 60.6 cm³/mol. The van der Waals surface area contributed by atoms with Crippen molar-refractivity contribution in [2.75, 3.05) is 4.72 Å². The summed E-state index contributed by atoms with van der Waals surface area (Å²) in [5, 5.41) is 14.8. The van der Waals surface area contributed by atoms with Crippen LogP contribution in [0.1, 0.15) is 5.56 Å². The van der Waals surface area contributed by atoms with E-state index in [-0.39, 0.29) is 4.90 Å². The molecule has 2 N–H and O–H groups in total. The first-order valence-electron chi connectivity index (χ1n) is 4.63. The lowest BCUT2D eigenvalue weighted by atomic mass is 10.2. The minimum atomic E-state index is -3.68. The van der Waals surface area contributed by atoms with Crippen molar-refractivity contribution in [3.63, 3.8) is 0 Å². The van der Waals surface area contributed by atoms with Crippen LogP contribution in [-0.4, -0.2) is 18.6 Å². The third-order valence-electron chi connectivity index (χ3n) is 2.02. The molecule has 0 bridgehead atoms. The van der Waals surface area contributed by atoms with E-state index in [0.29, 0.717) is 11.3 Å². The zero-order valence-corrected chi connectivity index (χ0v) is 9.40. The second-order valence-corrected chi connectivity index (χ2v) is 4.91. The number of aromatic nitrogens is 2. The van der Waals surface area contributed by atoms with Gasteiger partial charge in [0.05, 0.1) is 28.4 Å². The van der Waals surface area contributed by atoms with Crippen LogP contribution in [0.3, 0.4) is 0 Å². The van der Waals surface area contributed by atoms with Crippen LogP contribution in [0.25, 0.3) is 0 Å². The number of rotatable bonds is 3. The summed E-state index contributed by atoms with van der Waals surface area (Å²) in [6.07, 6.45) is 2.78. The highest BCUT2D eigenvalue weighted by atomic mass is 32.2. The van der Waals surface area contributed by atoms with Crippen molar-refractivity contribution in [2.45, 2.75) is 4.90 Å². The first kappa shape index (κ1) is 11.2. The monoisotopic (exact) mass is 248 g/mol. The van der Waals surface area contributed by atoms with E-state index in [4.69, 9.17) is 5.26 Å². The van der Waals surface area contributed by atoms with Crippen molar-refractivity contribution in [3.05, 3.63) is 42.2 Å². The maximum Gasteiger partial charge on any atom is 0.262 e. The van der Waals surface area contributed by atoms with Crippen LogP contribution in [0, 0.1) is 11.3 Å². The van der Waals surface area contributed by atoms with Gasteiger partial charge >= 0.3 is 0 Å². The Labute approximate surface area is 98.0 Å². The molecule has 0 atom stereocenters. The molecule has 0 fully saturated rings. The second-order valence-electron chi connectivity index (χ2n) is 3.23. The fraction of sp³-hybridized carbons (Fsp3) is 0. The maximum absolute atomic E-state index is 11.9. The van der Waals surface area contributed by atoms with Gasteiger partial charge in [0, 0.05) is 6.20 Å². The number of anilines is 1. The minimum Gasteiger partial charge on any atom is -0.284 e. The summed E-state index contributed by atoms with van der Waals surface area (Å²) >= 11 is 0. The van der Waals surface area contributed by atoms with Crippen LogP contribution < -0.4 is 4.72 Å². The first-order valence-corrected chi connectivity index (χ1v) is 6.12. The number of sulfonamides is 1. The Balaban J connectivity index is 2.35. The summed E-state index contributed by atoms with van der Waals surface area (Å²) in [7, 11) is -3.68. The number of hydrogen-bond donors (Lipinski definition) is 2. The number of nitrogens with one attached hydrogen (secondary N) is 2. The molecule has 0 aliphatic heterocycles. The van der Waals surface area contributed by atoms with Crippen molar-refractivity contribution >= 4 is 15.7 Å². The van der Waals surface area contributed by atoms with Crippen molar-refractivity contribution in [1.82, 2.24) is 10.2 Å². The summed E-state index contributed by atoms with van der Waals surface area (Å²) in [6.45, 7) is 0. The smallest absolute Gasteiger partial charge is 0.262 e. The molecule has 0 radical (unpaired) electrons. The molecule has 0 amide bonds. The zero-order chi connectivity index (χ0) is 12.3. The SMILES string of the molecule is N#Cc1cccc(S(=O)(=O)Nc2cn[nH]c2)c1. The first-order chi connectivity index (χ1) is 8.12. The average molecular weight is 248 g/mol. The van der Waals surface area contributed by atoms with Crippen LogP contribution in [0.4, 0.5) is 5.69 Å². The van der Waals surface area contributed by atoms with E-state index in [1.54, 1.807) is 0 Å². The molecule has 0 saturated heterocycles. The summed E-state index contributed by atoms with van der Waals surface area (Å²) in [6, 6.07) is 7.67. The van der Waals surface area contributed by atoms with Crippen molar-refractivity contribution in [3.8, 4) is 6.07 Å². The number of H-pyrrole nitrogens is 1. The van der Waals surface area contributed by atoms with Crippen LogP contribution in [-0.2, 0) is 10.0 Å². The van der Waals surface area contributed by atoms with Crippen LogP contribution in [0.5, 0.6) is 0 Å². The molecule has 0 saturated carbocycles. The quantitative estimate of drug-likeness (QED) is 0.849. The van der Waals surface area contributed by atoms with Gasteiger partial charge in [-0.1, -0.05) is 6.07 Å². The molecule has 0 unspecified atom stereocenters. The Bertz CT molecular complexity index is 656. The van der Waals surface area contributed by atoms with Crippen LogP contribution in [0.2, 0.25) is 0 Å². The lowest BCUT2D eigenvalue weighted by Crippen LogP contribution is -2.12. The number of aromatic amines is 1. The van der Waals surface area contributed by atoms with E-state index in [1.165, 1.54) is 36.7 Å². The van der Waals surface area contributed by atoms with E-state index in [1.807, 2.05) is 6.07 Å². The maximum atomic E-state index is 11.9. The largest absolute Gasteiger partial charge is 0.284 e. The van der Waals surface area contributed by atoms with Crippen LogP contribution >= 0.6 is 0 Å². The molecule has 6 nitrogen and oxygen atoms in total. The van der Waals surface area contributed by atoms with Crippen molar-refractivity contribution in [2.24, 2.45) is 0 Å². The lowest BCUT2D eigenvalue weighted by Gasteiger charge is -2.05. The van der Waals surface area contributed by atoms with Gasteiger partial charge in [0.15, 0.2) is 0 Å². The van der Waals surface area contributed by atoms with Crippen molar-refractivity contribution < 1.29 is 8.42 Å². The highest BCUT2D eigenvalue weighted by molar-refractivity contribution is 7.92. The molecule has 1 heterocycles. The van der Waals surface area contributed by atoms with Gasteiger partial charge in [0.1, 0.15) is 0 Å². The standard InChI is InChI=1S/C10H8N4O2S/c11-5-8-2-1-3-10(4-8)17(15,16)14-9-6-12-13-7-9/h1-4,6-7,14H,(H,12,13). The summed E-state index contributed by atoms with van der Waals surface area (Å²) in [4.78, 5) is 0.0396. The molecule has 2 aromatic rings. The summed E-state index contributed by atoms with van der Waals surface area (Å²) in [5.41, 5.74) is 0.632. The Kier molecular flexibility index (Phi) is 2.80. The van der Waals surface area contributed by atoms with Gasteiger partial charge in [-0.15, -0.1) is 0 Å². The van der Waals surface area contributed by atoms with E-state index >= 15 is 0 Å². The fourth-order valence-corrected chi connectivity index (χ4v) is 2.33. The van der Waals surface area contributed by atoms with E-state index in [0.717, 1.165) is 0 Å². The zero-order valence-electron chi connectivity index (χ0n) is 8.58. The third-order valence-corrected chi connectivity index (χ3v) is 3.40. The molecule has 0 spiro atoms. The highest BCUT2D eigenvalue weighted by Crippen LogP contribution is 2.15. The molecule has 7 heteroatoms. The topological polar surface area (TPSA) is 98.6 Å². The summed E-state index contributed by atoms with van der Waals surface area (Å²) < 4.78 is 26.1. The number of hydrogen-bond acceptors (Lipinski definition) is 4. The van der Waals surface area contributed by atoms with E-state index < -0.39 is 10.0 Å². The van der Waals surface area contributed by atoms with Gasteiger partial charge in [-0.05, 0) is 18.2 Å². The Morgan fingerprint density at radius 1 is 1.41 bits per heavy atom.